The van der Waals surface area contributed by atoms with Gasteiger partial charge in [0, 0.05) is 12.6 Å². The Morgan fingerprint density at radius 2 is 2.42 bits per heavy atom. The fourth-order valence-corrected chi connectivity index (χ4v) is 1.04. The Morgan fingerprint density at radius 3 is 3.08 bits per heavy atom. The molecule has 0 saturated heterocycles. The van der Waals surface area contributed by atoms with Crippen LogP contribution >= 0.6 is 15.9 Å². The molecule has 0 spiro atoms. The molecule has 2 nitrogen and oxygen atoms in total. The largest absolute Gasteiger partial charge is 0.395 e. The van der Waals surface area contributed by atoms with Crippen molar-refractivity contribution in [2.75, 3.05) is 6.61 Å². The molecule has 1 aromatic rings. The van der Waals surface area contributed by atoms with Crippen molar-refractivity contribution in [3.8, 4) is 11.8 Å². The van der Waals surface area contributed by atoms with Crippen LogP contribution in [-0.4, -0.2) is 16.7 Å². The lowest BCUT2D eigenvalue weighted by Gasteiger charge is -1.91. The highest BCUT2D eigenvalue weighted by Gasteiger charge is 1.92. The molecule has 0 aliphatic carbocycles. The lowest BCUT2D eigenvalue weighted by atomic mass is 10.3. The van der Waals surface area contributed by atoms with Crippen molar-refractivity contribution in [2.45, 2.75) is 6.42 Å². The molecule has 0 aliphatic heterocycles. The molecule has 0 fully saturated rings. The second-order valence-electron chi connectivity index (χ2n) is 2.12. The zero-order chi connectivity index (χ0) is 8.81. The molecule has 1 aromatic heterocycles. The molecule has 0 radical (unpaired) electrons. The van der Waals surface area contributed by atoms with E-state index in [1.54, 1.807) is 6.20 Å². The average Bonchev–Trinajstić information content (AvgIpc) is 2.09. The van der Waals surface area contributed by atoms with E-state index in [1.807, 2.05) is 12.1 Å². The first-order valence-corrected chi connectivity index (χ1v) is 4.34. The van der Waals surface area contributed by atoms with Crippen LogP contribution in [0.2, 0.25) is 0 Å². The van der Waals surface area contributed by atoms with Crippen molar-refractivity contribution < 1.29 is 5.11 Å². The minimum Gasteiger partial charge on any atom is -0.395 e. The van der Waals surface area contributed by atoms with E-state index in [0.29, 0.717) is 6.42 Å². The van der Waals surface area contributed by atoms with E-state index in [9.17, 15) is 0 Å². The fraction of sp³-hybridized carbons (Fsp3) is 0.222. The normalized spacial score (nSPS) is 8.83. The monoisotopic (exact) mass is 225 g/mol. The molecule has 3 heteroatoms. The number of aliphatic hydroxyl groups excluding tert-OH is 1. The van der Waals surface area contributed by atoms with Crippen LogP contribution in [0.5, 0.6) is 0 Å². The molecule has 0 aliphatic rings. The van der Waals surface area contributed by atoms with Gasteiger partial charge in [-0.25, -0.2) is 4.98 Å². The van der Waals surface area contributed by atoms with Crippen molar-refractivity contribution >= 4 is 15.9 Å². The van der Waals surface area contributed by atoms with Crippen molar-refractivity contribution in [3.05, 3.63) is 28.5 Å². The number of hydrogen-bond acceptors (Lipinski definition) is 2. The van der Waals surface area contributed by atoms with Crippen molar-refractivity contribution in [3.63, 3.8) is 0 Å². The van der Waals surface area contributed by atoms with Crippen molar-refractivity contribution in [2.24, 2.45) is 0 Å². The maximum Gasteiger partial charge on any atom is 0.121 e. The highest BCUT2D eigenvalue weighted by atomic mass is 79.9. The van der Waals surface area contributed by atoms with Gasteiger partial charge in [0.15, 0.2) is 0 Å². The molecule has 0 saturated carbocycles. The average molecular weight is 226 g/mol. The smallest absolute Gasteiger partial charge is 0.121 e. The molecular weight excluding hydrogens is 218 g/mol. The second-order valence-corrected chi connectivity index (χ2v) is 2.87. The van der Waals surface area contributed by atoms with Crippen LogP contribution in [0.25, 0.3) is 0 Å². The Balaban J connectivity index is 2.77. The summed E-state index contributed by atoms with van der Waals surface area (Å²) in [6, 6.07) is 3.70. The van der Waals surface area contributed by atoms with Gasteiger partial charge in [-0.3, -0.25) is 0 Å². The molecular formula is C9H8BrNO. The predicted molar refractivity (Wildman–Crippen MR) is 50.5 cm³/mol. The number of aliphatic hydroxyl groups is 1. The van der Waals surface area contributed by atoms with Crippen LogP contribution in [-0.2, 0) is 0 Å². The van der Waals surface area contributed by atoms with Gasteiger partial charge >= 0.3 is 0 Å². The summed E-state index contributed by atoms with van der Waals surface area (Å²) < 4.78 is 0.746. The lowest BCUT2D eigenvalue weighted by molar-refractivity contribution is 0.305. The maximum absolute atomic E-state index is 8.48. The first-order chi connectivity index (χ1) is 5.84. The standard InChI is InChI=1S/C9H8BrNO/c10-9-8(4-1-2-7-12)5-3-6-11-9/h3,5-6,12H,2,7H2. The summed E-state index contributed by atoms with van der Waals surface area (Å²) in [6.45, 7) is 0.102. The highest BCUT2D eigenvalue weighted by Crippen LogP contribution is 2.10. The van der Waals surface area contributed by atoms with E-state index in [1.165, 1.54) is 0 Å². The van der Waals surface area contributed by atoms with Crippen molar-refractivity contribution in [1.82, 2.24) is 4.98 Å². The Hall–Kier alpha value is -0.850. The minimum atomic E-state index is 0.102. The third-order valence-electron chi connectivity index (χ3n) is 1.22. The lowest BCUT2D eigenvalue weighted by Crippen LogP contribution is -1.81. The predicted octanol–water partition coefficient (Wildman–Crippen LogP) is 1.58. The fourth-order valence-electron chi connectivity index (χ4n) is 0.693. The number of halogens is 1. The zero-order valence-electron chi connectivity index (χ0n) is 6.42. The topological polar surface area (TPSA) is 33.1 Å². The summed E-state index contributed by atoms with van der Waals surface area (Å²) in [4.78, 5) is 4.01. The van der Waals surface area contributed by atoms with Crippen LogP contribution in [0.1, 0.15) is 12.0 Å². The first-order valence-electron chi connectivity index (χ1n) is 3.55. The molecule has 0 bridgehead atoms. The van der Waals surface area contributed by atoms with Gasteiger partial charge in [0.25, 0.3) is 0 Å². The summed E-state index contributed by atoms with van der Waals surface area (Å²) in [7, 11) is 0. The van der Waals surface area contributed by atoms with Crippen LogP contribution < -0.4 is 0 Å². The van der Waals surface area contributed by atoms with Gasteiger partial charge < -0.3 is 5.11 Å². The van der Waals surface area contributed by atoms with E-state index in [-0.39, 0.29) is 6.61 Å². The molecule has 0 amide bonds. The van der Waals surface area contributed by atoms with Crippen LogP contribution in [0.15, 0.2) is 22.9 Å². The quantitative estimate of drug-likeness (QED) is 0.582. The molecule has 12 heavy (non-hydrogen) atoms. The van der Waals surface area contributed by atoms with E-state index in [0.717, 1.165) is 10.2 Å². The summed E-state index contributed by atoms with van der Waals surface area (Å²) in [5.74, 6) is 5.72. The molecule has 1 N–H and O–H groups in total. The van der Waals surface area contributed by atoms with Gasteiger partial charge in [-0.15, -0.1) is 0 Å². The van der Waals surface area contributed by atoms with Gasteiger partial charge in [0.05, 0.1) is 12.2 Å². The third-order valence-corrected chi connectivity index (χ3v) is 1.85. The Labute approximate surface area is 79.8 Å². The number of aromatic nitrogens is 1. The van der Waals surface area contributed by atoms with Gasteiger partial charge in [0.1, 0.15) is 4.60 Å². The third kappa shape index (κ3) is 2.65. The molecule has 1 rings (SSSR count). The second kappa shape index (κ2) is 4.91. The maximum atomic E-state index is 8.48. The number of nitrogens with zero attached hydrogens (tertiary/aromatic N) is 1. The minimum absolute atomic E-state index is 0.102. The van der Waals surface area contributed by atoms with E-state index >= 15 is 0 Å². The Bertz CT molecular complexity index is 314. The highest BCUT2D eigenvalue weighted by molar-refractivity contribution is 9.10. The molecule has 1 heterocycles. The van der Waals surface area contributed by atoms with E-state index in [2.05, 4.69) is 32.8 Å². The van der Waals surface area contributed by atoms with Gasteiger partial charge in [-0.1, -0.05) is 11.8 Å². The zero-order valence-corrected chi connectivity index (χ0v) is 8.00. The molecule has 62 valence electrons. The van der Waals surface area contributed by atoms with Gasteiger partial charge in [-0.05, 0) is 28.1 Å². The van der Waals surface area contributed by atoms with Gasteiger partial charge in [-0.2, -0.15) is 0 Å². The number of rotatable bonds is 1. The Kier molecular flexibility index (Phi) is 3.78. The number of pyridine rings is 1. The SMILES string of the molecule is OCCC#Cc1cccnc1Br. The van der Waals surface area contributed by atoms with E-state index in [4.69, 9.17) is 5.11 Å². The molecule has 0 unspecified atom stereocenters. The summed E-state index contributed by atoms with van der Waals surface area (Å²) >= 11 is 3.27. The van der Waals surface area contributed by atoms with Crippen LogP contribution in [0, 0.1) is 11.8 Å². The Morgan fingerprint density at radius 1 is 1.58 bits per heavy atom. The first kappa shape index (κ1) is 9.24. The van der Waals surface area contributed by atoms with Crippen LogP contribution in [0.3, 0.4) is 0 Å². The van der Waals surface area contributed by atoms with E-state index < -0.39 is 0 Å². The van der Waals surface area contributed by atoms with Crippen molar-refractivity contribution in [1.29, 1.82) is 0 Å². The number of hydrogen-bond donors (Lipinski definition) is 1. The summed E-state index contributed by atoms with van der Waals surface area (Å²) in [5.41, 5.74) is 0.853. The van der Waals surface area contributed by atoms with Crippen LogP contribution in [0.4, 0.5) is 0 Å². The molecule has 0 atom stereocenters. The molecule has 0 aromatic carbocycles. The summed E-state index contributed by atoms with van der Waals surface area (Å²) in [6.07, 6.45) is 2.20. The summed E-state index contributed by atoms with van der Waals surface area (Å²) in [5, 5.41) is 8.48. The van der Waals surface area contributed by atoms with Gasteiger partial charge in [0.2, 0.25) is 0 Å².